The van der Waals surface area contributed by atoms with Crippen molar-refractivity contribution in [3.05, 3.63) is 23.6 Å². The Labute approximate surface area is 90.2 Å². The zero-order valence-corrected chi connectivity index (χ0v) is 8.17. The number of carbonyl (C=O) groups is 1. The van der Waals surface area contributed by atoms with Crippen molar-refractivity contribution < 1.29 is 24.5 Å². The Morgan fingerprint density at radius 3 is 2.75 bits per heavy atom. The summed E-state index contributed by atoms with van der Waals surface area (Å²) < 4.78 is 12.8. The molecule has 1 aromatic rings. The van der Waals surface area contributed by atoms with E-state index in [9.17, 15) is 19.4 Å². The molecule has 0 aliphatic rings. The van der Waals surface area contributed by atoms with Gasteiger partial charge in [-0.05, 0) is 6.07 Å². The molecule has 16 heavy (non-hydrogen) atoms. The van der Waals surface area contributed by atoms with Crippen LogP contribution >= 0.6 is 0 Å². The average molecular weight is 230 g/mol. The summed E-state index contributed by atoms with van der Waals surface area (Å²) in [6, 6.07) is 0.901. The van der Waals surface area contributed by atoms with Crippen molar-refractivity contribution in [2.45, 2.75) is 18.6 Å². The number of halogens is 1. The molecule has 1 heterocycles. The molecule has 0 saturated carbocycles. The molecule has 1 rings (SSSR count). The fourth-order valence-corrected chi connectivity index (χ4v) is 1.20. The van der Waals surface area contributed by atoms with Crippen molar-refractivity contribution in [1.82, 2.24) is 4.98 Å². The summed E-state index contributed by atoms with van der Waals surface area (Å²) >= 11 is 0. The lowest BCUT2D eigenvalue weighted by Gasteiger charge is -2.17. The van der Waals surface area contributed by atoms with Crippen LogP contribution in [0.4, 0.5) is 10.2 Å². The highest BCUT2D eigenvalue weighted by Gasteiger charge is 2.23. The third kappa shape index (κ3) is 2.88. The highest BCUT2D eigenvalue weighted by atomic mass is 19.1. The minimum atomic E-state index is -1.58. The number of aromatic nitrogens is 1. The van der Waals surface area contributed by atoms with E-state index in [4.69, 9.17) is 10.8 Å². The van der Waals surface area contributed by atoms with Crippen LogP contribution in [0.3, 0.4) is 0 Å². The van der Waals surface area contributed by atoms with Gasteiger partial charge in [-0.15, -0.1) is 0 Å². The van der Waals surface area contributed by atoms with Crippen molar-refractivity contribution in [3.63, 3.8) is 0 Å². The van der Waals surface area contributed by atoms with Gasteiger partial charge in [0.2, 0.25) is 0 Å². The van der Waals surface area contributed by atoms with E-state index in [0.29, 0.717) is 0 Å². The second kappa shape index (κ2) is 4.86. The molecule has 7 heteroatoms. The van der Waals surface area contributed by atoms with Crippen LogP contribution in [-0.4, -0.2) is 32.4 Å². The summed E-state index contributed by atoms with van der Waals surface area (Å²) in [5, 5.41) is 27.3. The van der Waals surface area contributed by atoms with E-state index in [2.05, 4.69) is 4.98 Å². The zero-order chi connectivity index (χ0) is 12.3. The lowest BCUT2D eigenvalue weighted by molar-refractivity contribution is -0.141. The van der Waals surface area contributed by atoms with Crippen molar-refractivity contribution in [1.29, 1.82) is 0 Å². The minimum Gasteiger partial charge on any atom is -0.481 e. The minimum absolute atomic E-state index is 0.131. The Balaban J connectivity index is 2.90. The molecule has 0 aliphatic carbocycles. The van der Waals surface area contributed by atoms with Crippen LogP contribution in [0.15, 0.2) is 12.3 Å². The second-order valence-electron chi connectivity index (χ2n) is 3.24. The molecular weight excluding hydrogens is 219 g/mol. The van der Waals surface area contributed by atoms with Crippen molar-refractivity contribution in [2.24, 2.45) is 0 Å². The van der Waals surface area contributed by atoms with Gasteiger partial charge in [-0.2, -0.15) is 0 Å². The van der Waals surface area contributed by atoms with Gasteiger partial charge >= 0.3 is 5.97 Å². The lowest BCUT2D eigenvalue weighted by Crippen LogP contribution is -2.23. The number of hydrogen-bond donors (Lipinski definition) is 4. The fraction of sp³-hybridized carbons (Fsp3) is 0.333. The predicted octanol–water partition coefficient (Wildman–Crippen LogP) is -0.328. The summed E-state index contributed by atoms with van der Waals surface area (Å²) in [6.07, 6.45) is -2.96. The maximum Gasteiger partial charge on any atom is 0.306 e. The predicted molar refractivity (Wildman–Crippen MR) is 51.8 cm³/mol. The quantitative estimate of drug-likeness (QED) is 0.562. The van der Waals surface area contributed by atoms with Gasteiger partial charge in [0.25, 0.3) is 0 Å². The largest absolute Gasteiger partial charge is 0.481 e. The topological polar surface area (TPSA) is 117 Å². The number of nitrogens with two attached hydrogens (primary N) is 1. The Kier molecular flexibility index (Phi) is 3.75. The van der Waals surface area contributed by atoms with Crippen LogP contribution < -0.4 is 5.73 Å². The van der Waals surface area contributed by atoms with E-state index in [0.717, 1.165) is 12.3 Å². The smallest absolute Gasteiger partial charge is 0.306 e. The first kappa shape index (κ1) is 12.3. The number of anilines is 1. The third-order valence-corrected chi connectivity index (χ3v) is 1.98. The fourth-order valence-electron chi connectivity index (χ4n) is 1.20. The summed E-state index contributed by atoms with van der Waals surface area (Å²) in [7, 11) is 0. The number of pyridine rings is 1. The van der Waals surface area contributed by atoms with Crippen LogP contribution in [0.2, 0.25) is 0 Å². The zero-order valence-electron chi connectivity index (χ0n) is 8.17. The van der Waals surface area contributed by atoms with Crippen molar-refractivity contribution >= 4 is 11.8 Å². The molecule has 0 bridgehead atoms. The first-order valence-corrected chi connectivity index (χ1v) is 4.40. The highest BCUT2D eigenvalue weighted by molar-refractivity contribution is 5.67. The molecule has 2 unspecified atom stereocenters. The second-order valence-corrected chi connectivity index (χ2v) is 3.24. The Bertz CT molecular complexity index is 399. The maximum absolute atomic E-state index is 12.8. The molecule has 2 atom stereocenters. The van der Waals surface area contributed by atoms with E-state index in [-0.39, 0.29) is 11.4 Å². The van der Waals surface area contributed by atoms with Crippen LogP contribution in [0.5, 0.6) is 0 Å². The average Bonchev–Trinajstić information content (AvgIpc) is 2.19. The van der Waals surface area contributed by atoms with E-state index in [1.807, 2.05) is 0 Å². The molecule has 0 saturated heterocycles. The SMILES string of the molecule is Nc1ncc(F)cc1C(O)C(O)CC(=O)O. The molecule has 5 N–H and O–H groups in total. The first-order valence-electron chi connectivity index (χ1n) is 4.40. The molecule has 0 amide bonds. The number of rotatable bonds is 4. The summed E-state index contributed by atoms with van der Waals surface area (Å²) in [4.78, 5) is 13.8. The van der Waals surface area contributed by atoms with Crippen LogP contribution in [0, 0.1) is 5.82 Å². The van der Waals surface area contributed by atoms with Crippen molar-refractivity contribution in [3.8, 4) is 0 Å². The van der Waals surface area contributed by atoms with Gasteiger partial charge in [0.15, 0.2) is 0 Å². The normalized spacial score (nSPS) is 14.4. The lowest BCUT2D eigenvalue weighted by atomic mass is 10.0. The summed E-state index contributed by atoms with van der Waals surface area (Å²) in [5.41, 5.74) is 5.23. The van der Waals surface area contributed by atoms with E-state index in [1.54, 1.807) is 0 Å². The van der Waals surface area contributed by atoms with Gasteiger partial charge in [0.1, 0.15) is 17.7 Å². The molecule has 0 radical (unpaired) electrons. The summed E-state index contributed by atoms with van der Waals surface area (Å²) in [5.74, 6) is -2.17. The number of carboxylic acid groups (broad SMARTS) is 1. The summed E-state index contributed by atoms with van der Waals surface area (Å²) in [6.45, 7) is 0. The monoisotopic (exact) mass is 230 g/mol. The highest BCUT2D eigenvalue weighted by Crippen LogP contribution is 2.23. The molecular formula is C9H11FN2O4. The van der Waals surface area contributed by atoms with E-state index < -0.39 is 30.4 Å². The number of nitrogen functional groups attached to an aromatic ring is 1. The third-order valence-electron chi connectivity index (χ3n) is 1.98. The van der Waals surface area contributed by atoms with Gasteiger partial charge in [-0.1, -0.05) is 0 Å². The standard InChI is InChI=1S/C9H11FN2O4/c10-4-1-5(9(11)12-3-4)8(16)6(13)2-7(14)15/h1,3,6,8,13,16H,2H2,(H2,11,12)(H,14,15). The van der Waals surface area contributed by atoms with Crippen LogP contribution in [-0.2, 0) is 4.79 Å². The number of aliphatic hydroxyl groups excluding tert-OH is 2. The van der Waals surface area contributed by atoms with E-state index in [1.165, 1.54) is 0 Å². The molecule has 6 nitrogen and oxygen atoms in total. The molecule has 0 aliphatic heterocycles. The van der Waals surface area contributed by atoms with Gasteiger partial charge in [0.05, 0.1) is 18.7 Å². The Morgan fingerprint density at radius 2 is 2.19 bits per heavy atom. The van der Waals surface area contributed by atoms with Gasteiger partial charge in [0, 0.05) is 5.56 Å². The van der Waals surface area contributed by atoms with Crippen LogP contribution in [0.1, 0.15) is 18.1 Å². The van der Waals surface area contributed by atoms with Gasteiger partial charge in [-0.25, -0.2) is 9.37 Å². The molecule has 0 fully saturated rings. The Morgan fingerprint density at radius 1 is 1.56 bits per heavy atom. The molecule has 0 aromatic carbocycles. The number of nitrogens with zero attached hydrogens (tertiary/aromatic N) is 1. The van der Waals surface area contributed by atoms with Gasteiger partial charge in [-0.3, -0.25) is 4.79 Å². The number of aliphatic hydroxyl groups is 2. The first-order chi connectivity index (χ1) is 7.41. The van der Waals surface area contributed by atoms with Crippen LogP contribution in [0.25, 0.3) is 0 Å². The maximum atomic E-state index is 12.8. The molecule has 88 valence electrons. The molecule has 1 aromatic heterocycles. The number of aliphatic carboxylic acids is 1. The molecule has 0 spiro atoms. The Hall–Kier alpha value is -1.73. The van der Waals surface area contributed by atoms with Gasteiger partial charge < -0.3 is 21.1 Å². The number of hydrogen-bond acceptors (Lipinski definition) is 5. The number of carboxylic acids is 1. The van der Waals surface area contributed by atoms with Crippen molar-refractivity contribution in [2.75, 3.05) is 5.73 Å². The van der Waals surface area contributed by atoms with E-state index >= 15 is 0 Å².